The summed E-state index contributed by atoms with van der Waals surface area (Å²) in [4.78, 5) is 37.1. The van der Waals surface area contributed by atoms with Crippen molar-refractivity contribution < 1.29 is 28.6 Å². The Balaban J connectivity index is 1.64. The van der Waals surface area contributed by atoms with E-state index in [0.29, 0.717) is 12.8 Å². The van der Waals surface area contributed by atoms with Crippen molar-refractivity contribution in [3.8, 4) is 5.75 Å². The van der Waals surface area contributed by atoms with Crippen LogP contribution < -0.4 is 10.1 Å². The summed E-state index contributed by atoms with van der Waals surface area (Å²) in [6, 6.07) is 4.14. The average Bonchev–Trinajstić information content (AvgIpc) is 3.03. The van der Waals surface area contributed by atoms with Crippen molar-refractivity contribution in [3.63, 3.8) is 0 Å². The lowest BCUT2D eigenvalue weighted by Gasteiger charge is -2.39. The molecule has 0 spiro atoms. The molecule has 1 atom stereocenters. The first-order valence-corrected chi connectivity index (χ1v) is 9.05. The van der Waals surface area contributed by atoms with E-state index in [0.717, 1.165) is 5.56 Å². The molecule has 0 aliphatic carbocycles. The normalized spacial score (nSPS) is 21.6. The third-order valence-electron chi connectivity index (χ3n) is 5.21. The Morgan fingerprint density at radius 3 is 2.67 bits per heavy atom. The van der Waals surface area contributed by atoms with Crippen LogP contribution in [-0.2, 0) is 14.4 Å². The summed E-state index contributed by atoms with van der Waals surface area (Å²) in [7, 11) is 0. The van der Waals surface area contributed by atoms with Crippen LogP contribution in [0.25, 0.3) is 0 Å². The number of carbonyl (C=O) groups is 3. The van der Waals surface area contributed by atoms with Crippen LogP contribution >= 0.6 is 0 Å². The number of carboxylic acid groups (broad SMARTS) is 1. The van der Waals surface area contributed by atoms with Crippen molar-refractivity contribution in [2.45, 2.75) is 50.7 Å². The minimum absolute atomic E-state index is 0.0510. The van der Waals surface area contributed by atoms with Crippen molar-refractivity contribution in [2.75, 3.05) is 13.1 Å². The van der Waals surface area contributed by atoms with Gasteiger partial charge < -0.3 is 20.1 Å². The molecule has 1 aromatic carbocycles. The Labute approximate surface area is 156 Å². The largest absolute Gasteiger partial charge is 0.478 e. The number of hydrogen-bond acceptors (Lipinski definition) is 4. The molecule has 2 fully saturated rings. The molecule has 0 saturated carbocycles. The maximum atomic E-state index is 14.0. The van der Waals surface area contributed by atoms with Gasteiger partial charge in [0.1, 0.15) is 0 Å². The molecule has 8 heteroatoms. The number of carboxylic acids is 1. The highest BCUT2D eigenvalue weighted by Crippen LogP contribution is 2.31. The Kier molecular flexibility index (Phi) is 5.34. The summed E-state index contributed by atoms with van der Waals surface area (Å²) in [6.45, 7) is 2.18. The molecule has 7 nitrogen and oxygen atoms in total. The average molecular weight is 378 g/mol. The van der Waals surface area contributed by atoms with Crippen molar-refractivity contribution in [1.29, 1.82) is 0 Å². The molecule has 2 heterocycles. The number of ether oxygens (including phenoxy) is 1. The molecule has 3 rings (SSSR count). The summed E-state index contributed by atoms with van der Waals surface area (Å²) in [5, 5.41) is 12.5. The monoisotopic (exact) mass is 378 g/mol. The molecule has 146 valence electrons. The van der Waals surface area contributed by atoms with E-state index in [1.165, 1.54) is 12.1 Å². The van der Waals surface area contributed by atoms with Gasteiger partial charge >= 0.3 is 5.97 Å². The predicted octanol–water partition coefficient (Wildman–Crippen LogP) is 1.63. The van der Waals surface area contributed by atoms with Gasteiger partial charge in [-0.1, -0.05) is 6.07 Å². The molecule has 0 radical (unpaired) electrons. The molecule has 0 unspecified atom stereocenters. The zero-order chi connectivity index (χ0) is 19.6. The van der Waals surface area contributed by atoms with E-state index in [1.807, 2.05) is 0 Å². The van der Waals surface area contributed by atoms with Crippen LogP contribution in [0.5, 0.6) is 5.75 Å². The molecular formula is C19H23FN2O5. The number of aliphatic carboxylic acids is 1. The molecule has 0 aromatic heterocycles. The van der Waals surface area contributed by atoms with Gasteiger partial charge in [0.05, 0.1) is 0 Å². The van der Waals surface area contributed by atoms with E-state index in [4.69, 9.17) is 4.74 Å². The topological polar surface area (TPSA) is 95.9 Å². The van der Waals surface area contributed by atoms with Crippen LogP contribution in [0.1, 0.15) is 37.7 Å². The number of halogens is 1. The lowest BCUT2D eigenvalue weighted by Crippen LogP contribution is -2.54. The van der Waals surface area contributed by atoms with Crippen molar-refractivity contribution in [3.05, 3.63) is 29.6 Å². The van der Waals surface area contributed by atoms with Gasteiger partial charge in [-0.15, -0.1) is 0 Å². The maximum Gasteiger partial charge on any atom is 0.348 e. The molecule has 2 aliphatic heterocycles. The molecule has 1 aromatic rings. The van der Waals surface area contributed by atoms with Gasteiger partial charge in [-0.3, -0.25) is 9.59 Å². The maximum absolute atomic E-state index is 14.0. The number of nitrogens with one attached hydrogen (secondary N) is 1. The van der Waals surface area contributed by atoms with E-state index < -0.39 is 17.4 Å². The van der Waals surface area contributed by atoms with Gasteiger partial charge in [0.2, 0.25) is 17.4 Å². The number of rotatable bonds is 5. The third kappa shape index (κ3) is 4.20. The van der Waals surface area contributed by atoms with E-state index in [9.17, 15) is 23.9 Å². The van der Waals surface area contributed by atoms with E-state index in [2.05, 4.69) is 5.32 Å². The standard InChI is InChI=1S/C19H23FN2O5/c1-12-2-4-14(20)15(10-12)27-19(18(25)26)6-8-22(9-7-19)17(24)11-13-3-5-16(23)21-13/h2,4,10,13H,3,5-9,11H2,1H3,(H,21,23)(H,25,26)/t13-/m0/s1. The van der Waals surface area contributed by atoms with Gasteiger partial charge in [0.25, 0.3) is 0 Å². The lowest BCUT2D eigenvalue weighted by molar-refractivity contribution is -0.162. The van der Waals surface area contributed by atoms with Crippen molar-refractivity contribution >= 4 is 17.8 Å². The second-order valence-electron chi connectivity index (χ2n) is 7.22. The fourth-order valence-electron chi connectivity index (χ4n) is 3.55. The number of carbonyl (C=O) groups excluding carboxylic acids is 2. The molecule has 2 amide bonds. The zero-order valence-corrected chi connectivity index (χ0v) is 15.2. The number of benzene rings is 1. The second kappa shape index (κ2) is 7.54. The fraction of sp³-hybridized carbons (Fsp3) is 0.526. The smallest absolute Gasteiger partial charge is 0.348 e. The number of amides is 2. The molecule has 2 saturated heterocycles. The summed E-state index contributed by atoms with van der Waals surface area (Å²) in [6.07, 6.45) is 1.40. The number of likely N-dealkylation sites (tertiary alicyclic amines) is 1. The van der Waals surface area contributed by atoms with E-state index in [-0.39, 0.29) is 56.0 Å². The highest BCUT2D eigenvalue weighted by atomic mass is 19.1. The van der Waals surface area contributed by atoms with Gasteiger partial charge in [-0.25, -0.2) is 9.18 Å². The van der Waals surface area contributed by atoms with Crippen LogP contribution in [0, 0.1) is 12.7 Å². The van der Waals surface area contributed by atoms with Gasteiger partial charge in [-0.2, -0.15) is 0 Å². The quantitative estimate of drug-likeness (QED) is 0.812. The minimum Gasteiger partial charge on any atom is -0.478 e. The van der Waals surface area contributed by atoms with Crippen LogP contribution in [0.2, 0.25) is 0 Å². The summed E-state index contributed by atoms with van der Waals surface area (Å²) >= 11 is 0. The molecular weight excluding hydrogens is 355 g/mol. The predicted molar refractivity (Wildman–Crippen MR) is 93.7 cm³/mol. The highest BCUT2D eigenvalue weighted by molar-refractivity contribution is 5.83. The summed E-state index contributed by atoms with van der Waals surface area (Å²) in [5.41, 5.74) is -0.800. The molecule has 2 aliphatic rings. The lowest BCUT2D eigenvalue weighted by atomic mass is 9.90. The second-order valence-corrected chi connectivity index (χ2v) is 7.22. The van der Waals surface area contributed by atoms with Crippen LogP contribution in [0.4, 0.5) is 4.39 Å². The first-order chi connectivity index (χ1) is 12.8. The third-order valence-corrected chi connectivity index (χ3v) is 5.21. The Hall–Kier alpha value is -2.64. The number of piperidine rings is 1. The van der Waals surface area contributed by atoms with Gasteiger partial charge in [-0.05, 0) is 31.0 Å². The van der Waals surface area contributed by atoms with Crippen molar-refractivity contribution in [2.24, 2.45) is 0 Å². The summed E-state index contributed by atoms with van der Waals surface area (Å²) in [5.74, 6) is -2.05. The summed E-state index contributed by atoms with van der Waals surface area (Å²) < 4.78 is 19.6. The van der Waals surface area contributed by atoms with Crippen LogP contribution in [0.3, 0.4) is 0 Å². The number of nitrogens with zero attached hydrogens (tertiary/aromatic N) is 1. The molecule has 0 bridgehead atoms. The minimum atomic E-state index is -1.56. The Morgan fingerprint density at radius 2 is 2.07 bits per heavy atom. The Bertz CT molecular complexity index is 758. The zero-order valence-electron chi connectivity index (χ0n) is 15.2. The fourth-order valence-corrected chi connectivity index (χ4v) is 3.55. The van der Waals surface area contributed by atoms with Gasteiger partial charge in [0, 0.05) is 44.8 Å². The number of hydrogen-bond donors (Lipinski definition) is 2. The first kappa shape index (κ1) is 19.1. The van der Waals surface area contributed by atoms with Crippen LogP contribution in [0.15, 0.2) is 18.2 Å². The highest BCUT2D eigenvalue weighted by Gasteiger charge is 2.45. The SMILES string of the molecule is Cc1ccc(F)c(OC2(C(=O)O)CCN(C(=O)C[C@@H]3CCC(=O)N3)CC2)c1. The Morgan fingerprint density at radius 1 is 1.37 bits per heavy atom. The first-order valence-electron chi connectivity index (χ1n) is 9.05. The van der Waals surface area contributed by atoms with Crippen LogP contribution in [-0.4, -0.2) is 52.5 Å². The van der Waals surface area contributed by atoms with Gasteiger partial charge in [0.15, 0.2) is 11.6 Å². The molecule has 2 N–H and O–H groups in total. The van der Waals surface area contributed by atoms with E-state index in [1.54, 1.807) is 17.9 Å². The van der Waals surface area contributed by atoms with E-state index >= 15 is 0 Å². The van der Waals surface area contributed by atoms with Crippen molar-refractivity contribution in [1.82, 2.24) is 10.2 Å². The number of aryl methyl sites for hydroxylation is 1. The molecule has 27 heavy (non-hydrogen) atoms.